The maximum Gasteiger partial charge on any atom is 0.338 e. The number of hydrogen-bond donors (Lipinski definition) is 3. The van der Waals surface area contributed by atoms with Gasteiger partial charge in [0.2, 0.25) is 0 Å². The third-order valence-electron chi connectivity index (χ3n) is 3.61. The molecule has 1 unspecified atom stereocenters. The number of ether oxygens (including phenoxy) is 1. The van der Waals surface area contributed by atoms with E-state index in [4.69, 9.17) is 15.7 Å². The number of hydrogen-bond acceptors (Lipinski definition) is 5. The fourth-order valence-electron chi connectivity index (χ4n) is 2.15. The summed E-state index contributed by atoms with van der Waals surface area (Å²) in [6.45, 7) is 1.68. The van der Waals surface area contributed by atoms with Crippen molar-refractivity contribution in [2.24, 2.45) is 5.73 Å². The number of nitriles is 1. The molecule has 2 rings (SSSR count). The van der Waals surface area contributed by atoms with E-state index in [0.29, 0.717) is 11.3 Å². The SMILES string of the molecule is CC(OC(=O)c1ccc(CNC(N)=O)cc1)C(=O)Nc1ccccc1C#N. The molecular weight excluding hydrogens is 348 g/mol. The monoisotopic (exact) mass is 366 g/mol. The van der Waals surface area contributed by atoms with Crippen LogP contribution in [0.1, 0.15) is 28.4 Å². The van der Waals surface area contributed by atoms with Gasteiger partial charge in [-0.15, -0.1) is 0 Å². The van der Waals surface area contributed by atoms with E-state index in [9.17, 15) is 14.4 Å². The molecule has 2 aromatic rings. The van der Waals surface area contributed by atoms with Crippen LogP contribution in [0.5, 0.6) is 0 Å². The quantitative estimate of drug-likeness (QED) is 0.671. The average Bonchev–Trinajstić information content (AvgIpc) is 2.67. The Balaban J connectivity index is 1.95. The summed E-state index contributed by atoms with van der Waals surface area (Å²) in [6, 6.07) is 14.2. The van der Waals surface area contributed by atoms with Crippen LogP contribution in [0.4, 0.5) is 10.5 Å². The molecule has 0 saturated carbocycles. The van der Waals surface area contributed by atoms with Crippen LogP contribution in [-0.2, 0) is 16.1 Å². The van der Waals surface area contributed by atoms with E-state index in [0.717, 1.165) is 5.56 Å². The molecule has 1 atom stereocenters. The molecule has 0 aliphatic carbocycles. The second kappa shape index (κ2) is 9.01. The smallest absolute Gasteiger partial charge is 0.338 e. The number of nitrogens with one attached hydrogen (secondary N) is 2. The lowest BCUT2D eigenvalue weighted by molar-refractivity contribution is -0.123. The van der Waals surface area contributed by atoms with E-state index >= 15 is 0 Å². The highest BCUT2D eigenvalue weighted by Gasteiger charge is 2.20. The Hall–Kier alpha value is -3.86. The van der Waals surface area contributed by atoms with Crippen LogP contribution in [0, 0.1) is 11.3 Å². The van der Waals surface area contributed by atoms with Crippen molar-refractivity contribution in [2.75, 3.05) is 5.32 Å². The van der Waals surface area contributed by atoms with Gasteiger partial charge < -0.3 is 21.1 Å². The number of nitrogens with zero attached hydrogens (tertiary/aromatic N) is 1. The van der Waals surface area contributed by atoms with Crippen LogP contribution in [0.3, 0.4) is 0 Å². The summed E-state index contributed by atoms with van der Waals surface area (Å²) in [5.41, 5.74) is 6.66. The normalized spacial score (nSPS) is 11.0. The molecule has 0 fully saturated rings. The van der Waals surface area contributed by atoms with Crippen LogP contribution in [0.2, 0.25) is 0 Å². The molecule has 0 aliphatic heterocycles. The van der Waals surface area contributed by atoms with E-state index in [1.807, 2.05) is 6.07 Å². The van der Waals surface area contributed by atoms with Gasteiger partial charge in [-0.2, -0.15) is 5.26 Å². The number of esters is 1. The van der Waals surface area contributed by atoms with Crippen molar-refractivity contribution in [3.63, 3.8) is 0 Å². The van der Waals surface area contributed by atoms with Gasteiger partial charge in [-0.3, -0.25) is 4.79 Å². The zero-order valence-electron chi connectivity index (χ0n) is 14.6. The van der Waals surface area contributed by atoms with Crippen LogP contribution in [0.25, 0.3) is 0 Å². The number of para-hydroxylation sites is 1. The molecule has 4 N–H and O–H groups in total. The molecule has 8 heteroatoms. The van der Waals surface area contributed by atoms with Crippen molar-refractivity contribution in [3.8, 4) is 6.07 Å². The van der Waals surface area contributed by atoms with Gasteiger partial charge in [0.1, 0.15) is 6.07 Å². The Labute approximate surface area is 155 Å². The van der Waals surface area contributed by atoms with Gasteiger partial charge in [-0.25, -0.2) is 9.59 Å². The van der Waals surface area contributed by atoms with Crippen LogP contribution in [0.15, 0.2) is 48.5 Å². The molecule has 0 aliphatic rings. The molecule has 138 valence electrons. The number of anilines is 1. The van der Waals surface area contributed by atoms with Gasteiger partial charge in [0, 0.05) is 6.54 Å². The number of rotatable bonds is 6. The number of carbonyl (C=O) groups is 3. The summed E-state index contributed by atoms with van der Waals surface area (Å²) in [7, 11) is 0. The minimum atomic E-state index is -1.06. The maximum atomic E-state index is 12.2. The van der Waals surface area contributed by atoms with Gasteiger partial charge >= 0.3 is 12.0 Å². The predicted octanol–water partition coefficient (Wildman–Crippen LogP) is 1.91. The standard InChI is InChI=1S/C19H18N4O4/c1-12(17(24)23-16-5-3-2-4-15(16)10-20)27-18(25)14-8-6-13(7-9-14)11-22-19(21)26/h2-9,12H,11H2,1H3,(H,23,24)(H3,21,22,26). The highest BCUT2D eigenvalue weighted by Crippen LogP contribution is 2.15. The van der Waals surface area contributed by atoms with E-state index in [1.165, 1.54) is 19.1 Å². The first kappa shape index (κ1) is 19.5. The Morgan fingerprint density at radius 1 is 1.15 bits per heavy atom. The minimum absolute atomic E-state index is 0.238. The largest absolute Gasteiger partial charge is 0.449 e. The molecule has 0 heterocycles. The Bertz CT molecular complexity index is 887. The van der Waals surface area contributed by atoms with E-state index in [2.05, 4.69) is 10.6 Å². The fraction of sp³-hybridized carbons (Fsp3) is 0.158. The van der Waals surface area contributed by atoms with E-state index in [-0.39, 0.29) is 12.1 Å². The number of urea groups is 1. The number of primary amides is 1. The van der Waals surface area contributed by atoms with Crippen molar-refractivity contribution in [2.45, 2.75) is 19.6 Å². The van der Waals surface area contributed by atoms with Gasteiger partial charge in [0.05, 0.1) is 16.8 Å². The highest BCUT2D eigenvalue weighted by atomic mass is 16.5. The zero-order valence-corrected chi connectivity index (χ0v) is 14.6. The zero-order chi connectivity index (χ0) is 19.8. The maximum absolute atomic E-state index is 12.2. The van der Waals surface area contributed by atoms with Crippen molar-refractivity contribution in [3.05, 3.63) is 65.2 Å². The molecule has 2 aromatic carbocycles. The van der Waals surface area contributed by atoms with Crippen LogP contribution in [-0.4, -0.2) is 24.0 Å². The Morgan fingerprint density at radius 3 is 2.44 bits per heavy atom. The van der Waals surface area contributed by atoms with Gasteiger partial charge in [-0.1, -0.05) is 24.3 Å². The summed E-state index contributed by atoms with van der Waals surface area (Å²) in [6.07, 6.45) is -1.06. The Kier molecular flexibility index (Phi) is 6.49. The van der Waals surface area contributed by atoms with Crippen molar-refractivity contribution < 1.29 is 19.1 Å². The molecule has 0 spiro atoms. The lowest BCUT2D eigenvalue weighted by Gasteiger charge is -2.14. The Morgan fingerprint density at radius 2 is 1.81 bits per heavy atom. The lowest BCUT2D eigenvalue weighted by Crippen LogP contribution is -2.30. The summed E-state index contributed by atoms with van der Waals surface area (Å²) in [4.78, 5) is 35.1. The highest BCUT2D eigenvalue weighted by molar-refractivity contribution is 5.98. The summed E-state index contributed by atoms with van der Waals surface area (Å²) < 4.78 is 5.16. The molecule has 0 aromatic heterocycles. The number of carbonyl (C=O) groups excluding carboxylic acids is 3. The summed E-state index contributed by atoms with van der Waals surface area (Å²) in [5, 5.41) is 14.0. The molecule has 8 nitrogen and oxygen atoms in total. The first-order valence-corrected chi connectivity index (χ1v) is 8.04. The summed E-state index contributed by atoms with van der Waals surface area (Å²) >= 11 is 0. The van der Waals surface area contributed by atoms with Crippen LogP contribution < -0.4 is 16.4 Å². The molecule has 0 saturated heterocycles. The number of amides is 3. The topological polar surface area (TPSA) is 134 Å². The molecule has 0 bridgehead atoms. The fourth-order valence-corrected chi connectivity index (χ4v) is 2.15. The summed E-state index contributed by atoms with van der Waals surface area (Å²) in [5.74, 6) is -1.21. The van der Waals surface area contributed by atoms with Crippen molar-refractivity contribution in [1.29, 1.82) is 5.26 Å². The molecular formula is C19H18N4O4. The number of benzene rings is 2. The second-order valence-corrected chi connectivity index (χ2v) is 5.61. The molecule has 0 radical (unpaired) electrons. The van der Waals surface area contributed by atoms with Gasteiger partial charge in [0.25, 0.3) is 5.91 Å². The van der Waals surface area contributed by atoms with Crippen molar-refractivity contribution in [1.82, 2.24) is 5.32 Å². The third-order valence-corrected chi connectivity index (χ3v) is 3.61. The molecule has 27 heavy (non-hydrogen) atoms. The third kappa shape index (κ3) is 5.57. The number of nitrogens with two attached hydrogens (primary N) is 1. The van der Waals surface area contributed by atoms with Gasteiger partial charge in [-0.05, 0) is 36.8 Å². The van der Waals surface area contributed by atoms with Crippen LogP contribution >= 0.6 is 0 Å². The van der Waals surface area contributed by atoms with Gasteiger partial charge in [0.15, 0.2) is 6.10 Å². The predicted molar refractivity (Wildman–Crippen MR) is 97.5 cm³/mol. The first-order valence-electron chi connectivity index (χ1n) is 8.04. The first-order chi connectivity index (χ1) is 12.9. The lowest BCUT2D eigenvalue weighted by atomic mass is 10.1. The second-order valence-electron chi connectivity index (χ2n) is 5.61. The van der Waals surface area contributed by atoms with E-state index < -0.39 is 24.0 Å². The average molecular weight is 366 g/mol. The van der Waals surface area contributed by atoms with Crippen molar-refractivity contribution >= 4 is 23.6 Å². The molecule has 3 amide bonds. The van der Waals surface area contributed by atoms with E-state index in [1.54, 1.807) is 36.4 Å². The minimum Gasteiger partial charge on any atom is -0.449 e.